The quantitative estimate of drug-likeness (QED) is 0.507. The van der Waals surface area contributed by atoms with Crippen molar-refractivity contribution in [2.75, 3.05) is 25.0 Å². The molecule has 2 aromatic carbocycles. The number of carbonyl (C=O) groups is 1. The molecule has 0 saturated carbocycles. The number of nitrogens with one attached hydrogen (secondary N) is 2. The first-order chi connectivity index (χ1) is 14.6. The summed E-state index contributed by atoms with van der Waals surface area (Å²) in [6, 6.07) is 13.9. The van der Waals surface area contributed by atoms with E-state index in [0.29, 0.717) is 31.1 Å². The van der Waals surface area contributed by atoms with E-state index in [1.807, 2.05) is 42.6 Å². The number of rotatable bonds is 9. The molecule has 2 N–H and O–H groups in total. The lowest BCUT2D eigenvalue weighted by molar-refractivity contribution is -0.120. The fraction of sp³-hybridized carbons (Fsp3) is 0.227. The molecule has 3 rings (SSSR count). The first-order valence-electron chi connectivity index (χ1n) is 9.47. The summed E-state index contributed by atoms with van der Waals surface area (Å²) in [7, 11) is 0. The smallest absolute Gasteiger partial charge is 0.226 e. The SMILES string of the molecule is CCOc1ccc(-c2nc(CC(=O)NCCNc3cccc(F)c3C#N)cs2)cc1. The molecule has 30 heavy (non-hydrogen) atoms. The van der Waals surface area contributed by atoms with Gasteiger partial charge in [0.1, 0.15) is 28.2 Å². The molecule has 1 aromatic heterocycles. The molecule has 0 spiro atoms. The Bertz CT molecular complexity index is 1040. The average Bonchev–Trinajstić information content (AvgIpc) is 3.20. The summed E-state index contributed by atoms with van der Waals surface area (Å²) < 4.78 is 19.0. The number of thiazole rings is 1. The molecule has 0 aliphatic heterocycles. The van der Waals surface area contributed by atoms with E-state index in [1.165, 1.54) is 23.5 Å². The zero-order valence-corrected chi connectivity index (χ0v) is 17.3. The van der Waals surface area contributed by atoms with E-state index in [1.54, 1.807) is 6.07 Å². The van der Waals surface area contributed by atoms with Gasteiger partial charge in [0.25, 0.3) is 0 Å². The summed E-state index contributed by atoms with van der Waals surface area (Å²) in [6.07, 6.45) is 0.178. The molecule has 0 unspecified atom stereocenters. The van der Waals surface area contributed by atoms with E-state index >= 15 is 0 Å². The van der Waals surface area contributed by atoms with Gasteiger partial charge in [-0.05, 0) is 43.3 Å². The molecule has 6 nitrogen and oxygen atoms in total. The van der Waals surface area contributed by atoms with Gasteiger partial charge in [-0.15, -0.1) is 11.3 Å². The number of nitrogens with zero attached hydrogens (tertiary/aromatic N) is 2. The van der Waals surface area contributed by atoms with Crippen LogP contribution in [0.3, 0.4) is 0 Å². The molecule has 3 aromatic rings. The monoisotopic (exact) mass is 424 g/mol. The van der Waals surface area contributed by atoms with Crippen LogP contribution in [0.2, 0.25) is 0 Å². The number of halogens is 1. The molecular weight excluding hydrogens is 403 g/mol. The number of hydrogen-bond donors (Lipinski definition) is 2. The Kier molecular flexibility index (Phi) is 7.35. The summed E-state index contributed by atoms with van der Waals surface area (Å²) in [5.41, 5.74) is 2.05. The van der Waals surface area contributed by atoms with Crippen molar-refractivity contribution < 1.29 is 13.9 Å². The first kappa shape index (κ1) is 21.3. The van der Waals surface area contributed by atoms with E-state index < -0.39 is 5.82 Å². The summed E-state index contributed by atoms with van der Waals surface area (Å²) in [5.74, 6) is 0.0876. The Balaban J connectivity index is 1.47. The summed E-state index contributed by atoms with van der Waals surface area (Å²) in [5, 5.41) is 17.5. The van der Waals surface area contributed by atoms with Gasteiger partial charge >= 0.3 is 0 Å². The second-order valence-corrected chi connectivity index (χ2v) is 7.19. The fourth-order valence-corrected chi connectivity index (χ4v) is 3.62. The van der Waals surface area contributed by atoms with Crippen LogP contribution in [0.5, 0.6) is 5.75 Å². The van der Waals surface area contributed by atoms with Gasteiger partial charge in [0.2, 0.25) is 5.91 Å². The van der Waals surface area contributed by atoms with Crippen LogP contribution in [0.15, 0.2) is 47.8 Å². The van der Waals surface area contributed by atoms with Crippen LogP contribution in [-0.4, -0.2) is 30.6 Å². The lowest BCUT2D eigenvalue weighted by atomic mass is 10.2. The molecular formula is C22H21FN4O2S. The topological polar surface area (TPSA) is 87.0 Å². The molecule has 1 amide bonds. The molecule has 0 bridgehead atoms. The largest absolute Gasteiger partial charge is 0.494 e. The number of nitriles is 1. The predicted molar refractivity (Wildman–Crippen MR) is 115 cm³/mol. The van der Waals surface area contributed by atoms with Crippen molar-refractivity contribution in [1.82, 2.24) is 10.3 Å². The molecule has 0 atom stereocenters. The maximum atomic E-state index is 13.6. The maximum absolute atomic E-state index is 13.6. The lowest BCUT2D eigenvalue weighted by Gasteiger charge is -2.09. The van der Waals surface area contributed by atoms with E-state index in [0.717, 1.165) is 16.3 Å². The van der Waals surface area contributed by atoms with Crippen molar-refractivity contribution in [3.63, 3.8) is 0 Å². The second kappa shape index (κ2) is 10.4. The highest BCUT2D eigenvalue weighted by atomic mass is 32.1. The summed E-state index contributed by atoms with van der Waals surface area (Å²) in [4.78, 5) is 16.7. The summed E-state index contributed by atoms with van der Waals surface area (Å²) in [6.45, 7) is 3.27. The van der Waals surface area contributed by atoms with Crippen LogP contribution in [-0.2, 0) is 11.2 Å². The molecule has 0 fully saturated rings. The van der Waals surface area contributed by atoms with Crippen molar-refractivity contribution in [3.05, 3.63) is 64.9 Å². The third-order valence-corrected chi connectivity index (χ3v) is 5.13. The first-order valence-corrected chi connectivity index (χ1v) is 10.4. The molecule has 0 aliphatic rings. The van der Waals surface area contributed by atoms with Gasteiger partial charge in [-0.1, -0.05) is 6.07 Å². The number of benzene rings is 2. The third-order valence-electron chi connectivity index (χ3n) is 4.19. The lowest BCUT2D eigenvalue weighted by Crippen LogP contribution is -2.30. The van der Waals surface area contributed by atoms with Crippen LogP contribution in [0.25, 0.3) is 10.6 Å². The highest BCUT2D eigenvalue weighted by molar-refractivity contribution is 7.13. The minimum Gasteiger partial charge on any atom is -0.494 e. The number of carbonyl (C=O) groups excluding carboxylic acids is 1. The Morgan fingerprint density at radius 3 is 2.77 bits per heavy atom. The second-order valence-electron chi connectivity index (χ2n) is 6.33. The van der Waals surface area contributed by atoms with Gasteiger partial charge < -0.3 is 15.4 Å². The van der Waals surface area contributed by atoms with Gasteiger partial charge in [-0.25, -0.2) is 9.37 Å². The number of amides is 1. The highest BCUT2D eigenvalue weighted by Crippen LogP contribution is 2.26. The van der Waals surface area contributed by atoms with Crippen LogP contribution >= 0.6 is 11.3 Å². The Labute approximate surface area is 178 Å². The zero-order chi connectivity index (χ0) is 21.3. The van der Waals surface area contributed by atoms with Crippen molar-refractivity contribution in [3.8, 4) is 22.4 Å². The molecule has 1 heterocycles. The molecule has 154 valence electrons. The van der Waals surface area contributed by atoms with Gasteiger partial charge in [0, 0.05) is 24.0 Å². The maximum Gasteiger partial charge on any atom is 0.226 e. The van der Waals surface area contributed by atoms with Crippen molar-refractivity contribution >= 4 is 22.9 Å². The minimum atomic E-state index is -0.571. The third kappa shape index (κ3) is 5.55. The number of hydrogen-bond acceptors (Lipinski definition) is 6. The van der Waals surface area contributed by atoms with E-state index in [2.05, 4.69) is 15.6 Å². The highest BCUT2D eigenvalue weighted by Gasteiger charge is 2.10. The van der Waals surface area contributed by atoms with Crippen LogP contribution in [0.1, 0.15) is 18.2 Å². The Morgan fingerprint density at radius 2 is 2.03 bits per heavy atom. The number of aromatic nitrogens is 1. The Morgan fingerprint density at radius 1 is 1.23 bits per heavy atom. The van der Waals surface area contributed by atoms with Gasteiger partial charge in [-0.2, -0.15) is 5.26 Å². The average molecular weight is 425 g/mol. The molecule has 8 heteroatoms. The van der Waals surface area contributed by atoms with Crippen LogP contribution in [0, 0.1) is 17.1 Å². The van der Waals surface area contributed by atoms with Crippen molar-refractivity contribution in [2.24, 2.45) is 0 Å². The summed E-state index contributed by atoms with van der Waals surface area (Å²) >= 11 is 1.48. The van der Waals surface area contributed by atoms with E-state index in [-0.39, 0.29) is 17.9 Å². The molecule has 0 radical (unpaired) electrons. The van der Waals surface area contributed by atoms with Crippen molar-refractivity contribution in [1.29, 1.82) is 5.26 Å². The van der Waals surface area contributed by atoms with E-state index in [9.17, 15) is 9.18 Å². The van der Waals surface area contributed by atoms with Crippen LogP contribution in [0.4, 0.5) is 10.1 Å². The van der Waals surface area contributed by atoms with Gasteiger partial charge in [-0.3, -0.25) is 4.79 Å². The van der Waals surface area contributed by atoms with E-state index in [4.69, 9.17) is 10.00 Å². The molecule has 0 aliphatic carbocycles. The fourth-order valence-electron chi connectivity index (χ4n) is 2.79. The Hall–Kier alpha value is -3.44. The molecule has 0 saturated heterocycles. The zero-order valence-electron chi connectivity index (χ0n) is 16.4. The van der Waals surface area contributed by atoms with Gasteiger partial charge in [0.05, 0.1) is 24.4 Å². The normalized spacial score (nSPS) is 10.3. The predicted octanol–water partition coefficient (Wildman–Crippen LogP) is 3.99. The standard InChI is InChI=1S/C22H21FN4O2S/c1-2-29-17-8-6-15(7-9-17)22-27-16(14-30-22)12-21(28)26-11-10-25-20-5-3-4-19(23)18(20)13-24/h3-9,14,25H,2,10-12H2,1H3,(H,26,28). The minimum absolute atomic E-state index is 0.0341. The van der Waals surface area contributed by atoms with Gasteiger partial charge in [0.15, 0.2) is 0 Å². The number of ether oxygens (including phenoxy) is 1. The van der Waals surface area contributed by atoms with Crippen LogP contribution < -0.4 is 15.4 Å². The number of anilines is 1. The van der Waals surface area contributed by atoms with Crippen molar-refractivity contribution in [2.45, 2.75) is 13.3 Å².